The van der Waals surface area contributed by atoms with Gasteiger partial charge in [0.1, 0.15) is 16.5 Å². The van der Waals surface area contributed by atoms with Crippen LogP contribution in [0.25, 0.3) is 6.08 Å². The van der Waals surface area contributed by atoms with E-state index in [1.54, 1.807) is 0 Å². The molecule has 10 nitrogen and oxygen atoms in total. The van der Waals surface area contributed by atoms with Crippen LogP contribution in [-0.2, 0) is 4.79 Å². The number of non-ortho nitro benzene ring substituents is 1. The van der Waals surface area contributed by atoms with Gasteiger partial charge in [0, 0.05) is 23.9 Å². The predicted molar refractivity (Wildman–Crippen MR) is 127 cm³/mol. The summed E-state index contributed by atoms with van der Waals surface area (Å²) in [5, 5.41) is 26.6. The molecule has 0 saturated carbocycles. The van der Waals surface area contributed by atoms with Crippen LogP contribution in [0.2, 0.25) is 10.0 Å². The maximum atomic E-state index is 13.3. The Hall–Kier alpha value is -4.35. The average Bonchev–Trinajstić information content (AvgIpc) is 2.79. The van der Waals surface area contributed by atoms with Crippen molar-refractivity contribution >= 4 is 58.2 Å². The summed E-state index contributed by atoms with van der Waals surface area (Å²) in [6.45, 7) is 0. The quantitative estimate of drug-likeness (QED) is 0.244. The molecule has 0 aliphatic rings. The molecule has 13 heteroatoms. The van der Waals surface area contributed by atoms with E-state index in [4.69, 9.17) is 23.2 Å². The first-order valence-electron chi connectivity index (χ1n) is 9.53. The zero-order valence-corrected chi connectivity index (χ0v) is 18.8. The van der Waals surface area contributed by atoms with Crippen molar-refractivity contribution < 1.29 is 23.8 Å². The number of rotatable bonds is 7. The van der Waals surface area contributed by atoms with Crippen molar-refractivity contribution in [2.75, 3.05) is 5.32 Å². The zero-order chi connectivity index (χ0) is 25.7. The van der Waals surface area contributed by atoms with Gasteiger partial charge in [-0.3, -0.25) is 29.8 Å². The van der Waals surface area contributed by atoms with Gasteiger partial charge in [-0.25, -0.2) is 4.39 Å². The fourth-order valence-electron chi connectivity index (χ4n) is 2.85. The molecule has 0 aliphatic carbocycles. The van der Waals surface area contributed by atoms with E-state index in [2.05, 4.69) is 10.6 Å². The minimum Gasteiger partial charge on any atom is -0.320 e. The molecule has 0 fully saturated rings. The highest BCUT2D eigenvalue weighted by atomic mass is 35.5. The van der Waals surface area contributed by atoms with Crippen LogP contribution in [0, 0.1) is 26.0 Å². The minimum atomic E-state index is -0.917. The second-order valence-corrected chi connectivity index (χ2v) is 7.68. The smallest absolute Gasteiger partial charge is 0.289 e. The highest BCUT2D eigenvalue weighted by molar-refractivity contribution is 6.34. The Labute approximate surface area is 206 Å². The van der Waals surface area contributed by atoms with Crippen LogP contribution in [-0.4, -0.2) is 21.7 Å². The molecular weight excluding hydrogens is 506 g/mol. The largest absolute Gasteiger partial charge is 0.320 e. The summed E-state index contributed by atoms with van der Waals surface area (Å²) in [4.78, 5) is 46.6. The van der Waals surface area contributed by atoms with Crippen LogP contribution in [0.4, 0.5) is 21.5 Å². The number of hydrogen-bond acceptors (Lipinski definition) is 6. The molecule has 0 heterocycles. The van der Waals surface area contributed by atoms with E-state index in [0.717, 1.165) is 36.4 Å². The van der Waals surface area contributed by atoms with Crippen molar-refractivity contribution in [3.8, 4) is 0 Å². The number of carbonyl (C=O) groups excluding carboxylic acids is 2. The van der Waals surface area contributed by atoms with Crippen LogP contribution in [0.5, 0.6) is 0 Å². The van der Waals surface area contributed by atoms with Gasteiger partial charge in [0.2, 0.25) is 0 Å². The molecule has 3 rings (SSSR count). The number of hydrogen-bond donors (Lipinski definition) is 2. The lowest BCUT2D eigenvalue weighted by Crippen LogP contribution is -2.31. The summed E-state index contributed by atoms with van der Waals surface area (Å²) in [7, 11) is 0. The number of nitro groups is 2. The molecule has 0 atom stereocenters. The summed E-state index contributed by atoms with van der Waals surface area (Å²) in [5.41, 5.74) is -1.07. The van der Waals surface area contributed by atoms with Crippen LogP contribution in [0.15, 0.2) is 66.4 Å². The molecule has 0 bridgehead atoms. The number of halogens is 3. The first-order chi connectivity index (χ1) is 16.5. The molecule has 0 saturated heterocycles. The van der Waals surface area contributed by atoms with Gasteiger partial charge in [-0.2, -0.15) is 0 Å². The molecule has 0 spiro atoms. The van der Waals surface area contributed by atoms with Gasteiger partial charge < -0.3 is 10.6 Å². The second-order valence-electron chi connectivity index (χ2n) is 6.87. The molecule has 35 heavy (non-hydrogen) atoms. The first kappa shape index (κ1) is 25.3. The Balaban J connectivity index is 1.98. The minimum absolute atomic E-state index is 0.00916. The van der Waals surface area contributed by atoms with E-state index < -0.39 is 33.2 Å². The number of nitrogens with one attached hydrogen (secondary N) is 2. The molecule has 2 N–H and O–H groups in total. The van der Waals surface area contributed by atoms with E-state index in [0.29, 0.717) is 0 Å². The van der Waals surface area contributed by atoms with E-state index in [-0.39, 0.29) is 38.2 Å². The fourth-order valence-corrected chi connectivity index (χ4v) is 3.28. The topological polar surface area (TPSA) is 144 Å². The molecule has 3 aromatic carbocycles. The van der Waals surface area contributed by atoms with Crippen LogP contribution in [0.1, 0.15) is 15.9 Å². The molecule has 0 radical (unpaired) electrons. The maximum Gasteiger partial charge on any atom is 0.289 e. The fraction of sp³-hybridized carbons (Fsp3) is 0. The molecular formula is C22H13Cl2FN4O6. The van der Waals surface area contributed by atoms with Gasteiger partial charge in [-0.1, -0.05) is 35.3 Å². The molecule has 3 aromatic rings. The van der Waals surface area contributed by atoms with E-state index in [1.807, 2.05) is 0 Å². The Kier molecular flexibility index (Phi) is 7.74. The Morgan fingerprint density at radius 2 is 1.66 bits per heavy atom. The van der Waals surface area contributed by atoms with Crippen LogP contribution in [0.3, 0.4) is 0 Å². The third-order valence-electron chi connectivity index (χ3n) is 4.46. The van der Waals surface area contributed by atoms with Gasteiger partial charge in [-0.05, 0) is 42.0 Å². The first-order valence-corrected chi connectivity index (χ1v) is 10.3. The summed E-state index contributed by atoms with van der Waals surface area (Å²) in [6.07, 6.45) is 1.15. The number of amides is 2. The Bertz CT molecular complexity index is 1400. The Morgan fingerprint density at radius 3 is 2.31 bits per heavy atom. The van der Waals surface area contributed by atoms with Gasteiger partial charge in [0.25, 0.3) is 23.2 Å². The van der Waals surface area contributed by atoms with Gasteiger partial charge in [0.05, 0.1) is 20.4 Å². The van der Waals surface area contributed by atoms with Crippen molar-refractivity contribution in [1.82, 2.24) is 5.32 Å². The molecule has 178 valence electrons. The molecule has 2 amide bonds. The SMILES string of the molecule is O=C(Nc1ccc(Cl)c([N+](=O)[O-])c1)C(=Cc1cccc([N+](=O)[O-])c1)NC(=O)c1ccc(F)cc1Cl. The zero-order valence-electron chi connectivity index (χ0n) is 17.3. The molecule has 0 aliphatic heterocycles. The third-order valence-corrected chi connectivity index (χ3v) is 5.09. The summed E-state index contributed by atoms with van der Waals surface area (Å²) in [5.74, 6) is -2.47. The molecule has 0 unspecified atom stereocenters. The lowest BCUT2D eigenvalue weighted by atomic mass is 10.1. The number of anilines is 1. The van der Waals surface area contributed by atoms with Crippen molar-refractivity contribution in [2.24, 2.45) is 0 Å². The van der Waals surface area contributed by atoms with Crippen molar-refractivity contribution in [2.45, 2.75) is 0 Å². The maximum absolute atomic E-state index is 13.3. The standard InChI is InChI=1S/C22H13Cl2FN4O6/c23-17-7-5-14(11-20(17)29(34)35)26-22(31)19(9-12-2-1-3-15(8-12)28(32)33)27-21(30)16-6-4-13(25)10-18(16)24/h1-11H,(H,26,31)(H,27,30). The molecule has 0 aromatic heterocycles. The van der Waals surface area contributed by atoms with Gasteiger partial charge in [-0.15, -0.1) is 0 Å². The summed E-state index contributed by atoms with van der Waals surface area (Å²) >= 11 is 11.7. The summed E-state index contributed by atoms with van der Waals surface area (Å²) in [6, 6.07) is 11.8. The lowest BCUT2D eigenvalue weighted by Gasteiger charge is -2.12. The van der Waals surface area contributed by atoms with E-state index in [1.165, 1.54) is 30.3 Å². The van der Waals surface area contributed by atoms with E-state index >= 15 is 0 Å². The number of nitrogens with zero attached hydrogens (tertiary/aromatic N) is 2. The lowest BCUT2D eigenvalue weighted by molar-refractivity contribution is -0.385. The van der Waals surface area contributed by atoms with Crippen LogP contribution >= 0.6 is 23.2 Å². The number of benzene rings is 3. The number of carbonyl (C=O) groups is 2. The van der Waals surface area contributed by atoms with Crippen molar-refractivity contribution in [3.63, 3.8) is 0 Å². The number of nitro benzene ring substituents is 2. The average molecular weight is 519 g/mol. The van der Waals surface area contributed by atoms with Crippen molar-refractivity contribution in [1.29, 1.82) is 0 Å². The van der Waals surface area contributed by atoms with E-state index in [9.17, 15) is 34.2 Å². The normalized spacial score (nSPS) is 11.0. The van der Waals surface area contributed by atoms with Crippen molar-refractivity contribution in [3.05, 3.63) is 114 Å². The monoisotopic (exact) mass is 518 g/mol. The predicted octanol–water partition coefficient (Wildman–Crippen LogP) is 5.36. The summed E-state index contributed by atoms with van der Waals surface area (Å²) < 4.78 is 13.3. The highest BCUT2D eigenvalue weighted by Crippen LogP contribution is 2.28. The third kappa shape index (κ3) is 6.37. The Morgan fingerprint density at radius 1 is 0.914 bits per heavy atom. The van der Waals surface area contributed by atoms with Crippen LogP contribution < -0.4 is 10.6 Å². The van der Waals surface area contributed by atoms with Gasteiger partial charge in [0.15, 0.2) is 0 Å². The second kappa shape index (κ2) is 10.7. The highest BCUT2D eigenvalue weighted by Gasteiger charge is 2.20. The van der Waals surface area contributed by atoms with Gasteiger partial charge >= 0.3 is 0 Å².